The molecular weight excluding hydrogens is 368 g/mol. The van der Waals surface area contributed by atoms with Crippen LogP contribution in [0.4, 0.5) is 0 Å². The summed E-state index contributed by atoms with van der Waals surface area (Å²) in [5, 5.41) is 10.5. The van der Waals surface area contributed by atoms with Crippen molar-refractivity contribution in [1.82, 2.24) is 0 Å². The molecule has 2 heteroatoms. The van der Waals surface area contributed by atoms with Crippen molar-refractivity contribution in [2.75, 3.05) is 0 Å². The van der Waals surface area contributed by atoms with Gasteiger partial charge in [-0.3, -0.25) is 0 Å². The van der Waals surface area contributed by atoms with Crippen molar-refractivity contribution in [2.24, 2.45) is 46.3 Å². The van der Waals surface area contributed by atoms with Crippen molar-refractivity contribution < 1.29 is 9.90 Å². The summed E-state index contributed by atoms with van der Waals surface area (Å²) in [6, 6.07) is 0. The zero-order valence-corrected chi connectivity index (χ0v) is 20.3. The molecule has 0 heterocycles. The van der Waals surface area contributed by atoms with Gasteiger partial charge in [0.2, 0.25) is 0 Å². The molecule has 0 saturated heterocycles. The molecule has 0 aromatic rings. The summed E-state index contributed by atoms with van der Waals surface area (Å²) in [7, 11) is 0. The van der Waals surface area contributed by atoms with E-state index in [2.05, 4.69) is 34.6 Å². The minimum Gasteiger partial charge on any atom is -0.392 e. The maximum absolute atomic E-state index is 11.8. The van der Waals surface area contributed by atoms with Crippen molar-refractivity contribution in [2.45, 2.75) is 111 Å². The number of aliphatic hydroxyl groups is 1. The summed E-state index contributed by atoms with van der Waals surface area (Å²) in [4.78, 5) is 11.8. The van der Waals surface area contributed by atoms with Gasteiger partial charge in [-0.05, 0) is 91.8 Å². The molecule has 8 atom stereocenters. The summed E-state index contributed by atoms with van der Waals surface area (Å²) >= 11 is 0. The Labute approximate surface area is 185 Å². The lowest BCUT2D eigenvalue weighted by atomic mass is 9.49. The molecule has 4 aliphatic carbocycles. The number of carbonyl (C=O) groups excluding carboxylic acids is 1. The molecule has 170 valence electrons. The van der Waals surface area contributed by atoms with E-state index in [1.807, 2.05) is 0 Å². The van der Waals surface area contributed by atoms with Gasteiger partial charge >= 0.3 is 0 Å². The number of aliphatic hydroxyl groups excluding tert-OH is 1. The molecule has 0 radical (unpaired) electrons. The Kier molecular flexibility index (Phi) is 6.30. The Balaban J connectivity index is 1.56. The second kappa shape index (κ2) is 8.38. The SMILES string of the molecule is CC(C)CCC[C@@H](C)[C@H]1CC[C@H]2C3=C(CC[C@]12C)[C@@]1(C)CC[C@H](O)[C@@H](C=O)[C@@H]1CC3. The molecule has 0 bridgehead atoms. The molecule has 4 aliphatic rings. The fourth-order valence-corrected chi connectivity index (χ4v) is 8.82. The molecule has 0 aromatic carbocycles. The summed E-state index contributed by atoms with van der Waals surface area (Å²) in [6.45, 7) is 12.3. The predicted molar refractivity (Wildman–Crippen MR) is 124 cm³/mol. The lowest BCUT2D eigenvalue weighted by Crippen LogP contribution is -2.50. The van der Waals surface area contributed by atoms with E-state index in [0.717, 1.165) is 49.2 Å². The Morgan fingerprint density at radius 2 is 1.80 bits per heavy atom. The fraction of sp³-hybridized carbons (Fsp3) is 0.893. The van der Waals surface area contributed by atoms with Crippen LogP contribution in [-0.4, -0.2) is 17.5 Å². The molecule has 4 rings (SSSR count). The second-order valence-electron chi connectivity index (χ2n) is 12.4. The summed E-state index contributed by atoms with van der Waals surface area (Å²) in [6.07, 6.45) is 14.4. The Morgan fingerprint density at radius 1 is 1.03 bits per heavy atom. The van der Waals surface area contributed by atoms with Gasteiger partial charge in [0, 0.05) is 5.92 Å². The number of allylic oxidation sites excluding steroid dienone is 2. The highest BCUT2D eigenvalue weighted by Gasteiger charge is 2.57. The molecule has 30 heavy (non-hydrogen) atoms. The minimum atomic E-state index is -0.417. The van der Waals surface area contributed by atoms with E-state index in [9.17, 15) is 9.90 Å². The first-order valence-corrected chi connectivity index (χ1v) is 13.1. The van der Waals surface area contributed by atoms with Crippen molar-refractivity contribution in [3.8, 4) is 0 Å². The van der Waals surface area contributed by atoms with E-state index in [-0.39, 0.29) is 11.3 Å². The van der Waals surface area contributed by atoms with Gasteiger partial charge in [-0.2, -0.15) is 0 Å². The van der Waals surface area contributed by atoms with Gasteiger partial charge in [-0.15, -0.1) is 0 Å². The van der Waals surface area contributed by atoms with Crippen molar-refractivity contribution in [3.63, 3.8) is 0 Å². The van der Waals surface area contributed by atoms with E-state index in [0.29, 0.717) is 11.3 Å². The summed E-state index contributed by atoms with van der Waals surface area (Å²) in [5.41, 5.74) is 4.17. The molecule has 2 fully saturated rings. The predicted octanol–water partition coefficient (Wildman–Crippen LogP) is 6.96. The lowest BCUT2D eigenvalue weighted by molar-refractivity contribution is -0.123. The Hall–Kier alpha value is -0.630. The molecule has 0 aromatic heterocycles. The molecular formula is C28H46O2. The van der Waals surface area contributed by atoms with Crippen LogP contribution in [0.25, 0.3) is 0 Å². The van der Waals surface area contributed by atoms with E-state index in [4.69, 9.17) is 0 Å². The largest absolute Gasteiger partial charge is 0.392 e. The van der Waals surface area contributed by atoms with E-state index in [1.54, 1.807) is 11.1 Å². The van der Waals surface area contributed by atoms with Gasteiger partial charge in [-0.1, -0.05) is 65.0 Å². The minimum absolute atomic E-state index is 0.150. The average molecular weight is 415 g/mol. The molecule has 2 nitrogen and oxygen atoms in total. The first-order valence-electron chi connectivity index (χ1n) is 13.1. The number of fused-ring (bicyclic) bond motifs is 4. The standard InChI is InChI=1S/C28H46O2/c1-18(2)7-6-8-19(3)22-11-12-23-20-9-10-24-21(17-29)26(30)14-16-28(24,5)25(20)13-15-27(22,23)4/h17-19,21-24,26,30H,6-16H2,1-5H3/t19-,21+,22-,23+,24+,26+,27-,28+/m1/s1. The zero-order valence-electron chi connectivity index (χ0n) is 20.3. The number of hydrogen-bond donors (Lipinski definition) is 1. The summed E-state index contributed by atoms with van der Waals surface area (Å²) in [5.74, 6) is 3.53. The van der Waals surface area contributed by atoms with Crippen LogP contribution in [-0.2, 0) is 4.79 Å². The van der Waals surface area contributed by atoms with E-state index in [1.165, 1.54) is 51.4 Å². The number of aldehydes is 1. The first kappa shape index (κ1) is 22.6. The van der Waals surface area contributed by atoms with Crippen LogP contribution in [0.15, 0.2) is 11.1 Å². The first-order chi connectivity index (χ1) is 14.2. The summed E-state index contributed by atoms with van der Waals surface area (Å²) < 4.78 is 0. The highest BCUT2D eigenvalue weighted by Crippen LogP contribution is 2.66. The van der Waals surface area contributed by atoms with Gasteiger partial charge in [0.05, 0.1) is 6.10 Å². The van der Waals surface area contributed by atoms with Gasteiger partial charge in [0.25, 0.3) is 0 Å². The number of carbonyl (C=O) groups is 1. The van der Waals surface area contributed by atoms with Gasteiger partial charge in [0.1, 0.15) is 6.29 Å². The molecule has 0 amide bonds. The van der Waals surface area contributed by atoms with Crippen LogP contribution in [0.5, 0.6) is 0 Å². The van der Waals surface area contributed by atoms with Gasteiger partial charge < -0.3 is 9.90 Å². The molecule has 0 spiro atoms. The quantitative estimate of drug-likeness (QED) is 0.377. The second-order valence-corrected chi connectivity index (χ2v) is 12.4. The maximum atomic E-state index is 11.8. The van der Waals surface area contributed by atoms with Crippen LogP contribution >= 0.6 is 0 Å². The van der Waals surface area contributed by atoms with Crippen LogP contribution in [0.2, 0.25) is 0 Å². The van der Waals surface area contributed by atoms with Crippen LogP contribution < -0.4 is 0 Å². The normalized spacial score (nSPS) is 44.4. The third-order valence-electron chi connectivity index (χ3n) is 10.5. The van der Waals surface area contributed by atoms with Crippen LogP contribution in [0.1, 0.15) is 105 Å². The van der Waals surface area contributed by atoms with Crippen LogP contribution in [0.3, 0.4) is 0 Å². The van der Waals surface area contributed by atoms with Crippen molar-refractivity contribution in [1.29, 1.82) is 0 Å². The monoisotopic (exact) mass is 414 g/mol. The van der Waals surface area contributed by atoms with Gasteiger partial charge in [-0.25, -0.2) is 0 Å². The fourth-order valence-electron chi connectivity index (χ4n) is 8.82. The molecule has 1 N–H and O–H groups in total. The Morgan fingerprint density at radius 3 is 2.50 bits per heavy atom. The molecule has 0 unspecified atom stereocenters. The molecule has 0 aliphatic heterocycles. The lowest BCUT2D eigenvalue weighted by Gasteiger charge is -2.56. The highest BCUT2D eigenvalue weighted by molar-refractivity contribution is 5.57. The average Bonchev–Trinajstić information content (AvgIpc) is 3.05. The highest BCUT2D eigenvalue weighted by atomic mass is 16.3. The topological polar surface area (TPSA) is 37.3 Å². The van der Waals surface area contributed by atoms with Crippen molar-refractivity contribution in [3.05, 3.63) is 11.1 Å². The third kappa shape index (κ3) is 3.54. The smallest absolute Gasteiger partial charge is 0.125 e. The number of rotatable bonds is 6. The molecule has 2 saturated carbocycles. The van der Waals surface area contributed by atoms with Gasteiger partial charge in [0.15, 0.2) is 0 Å². The van der Waals surface area contributed by atoms with E-state index >= 15 is 0 Å². The van der Waals surface area contributed by atoms with E-state index < -0.39 is 6.10 Å². The Bertz CT molecular complexity index is 678. The third-order valence-corrected chi connectivity index (χ3v) is 10.5. The van der Waals surface area contributed by atoms with Crippen LogP contribution in [0, 0.1) is 46.3 Å². The number of hydrogen-bond acceptors (Lipinski definition) is 2. The maximum Gasteiger partial charge on any atom is 0.125 e. The zero-order chi connectivity index (χ0) is 21.7. The van der Waals surface area contributed by atoms with Crippen molar-refractivity contribution >= 4 is 6.29 Å².